The molecular formula is C17H19ClO3. The lowest BCUT2D eigenvalue weighted by Gasteiger charge is -2.38. The fourth-order valence-corrected chi connectivity index (χ4v) is 3.12. The SMILES string of the molecule is C#CC1(C)CC(C(CC(=O)O)c2ccc(Cl)cc2)CCO1. The molecule has 1 aliphatic rings. The lowest BCUT2D eigenvalue weighted by Crippen LogP contribution is -2.38. The van der Waals surface area contributed by atoms with Gasteiger partial charge in [0.2, 0.25) is 0 Å². The number of aliphatic carboxylic acids is 1. The van der Waals surface area contributed by atoms with Crippen molar-refractivity contribution in [2.45, 2.75) is 37.7 Å². The molecule has 1 saturated heterocycles. The van der Waals surface area contributed by atoms with E-state index >= 15 is 0 Å². The summed E-state index contributed by atoms with van der Waals surface area (Å²) in [4.78, 5) is 11.2. The van der Waals surface area contributed by atoms with Crippen molar-refractivity contribution < 1.29 is 14.6 Å². The molecule has 1 aromatic carbocycles. The highest BCUT2D eigenvalue weighted by molar-refractivity contribution is 6.30. The second-order valence-corrected chi connectivity index (χ2v) is 6.17. The smallest absolute Gasteiger partial charge is 0.303 e. The Labute approximate surface area is 130 Å². The van der Waals surface area contributed by atoms with E-state index in [2.05, 4.69) is 5.92 Å². The lowest BCUT2D eigenvalue weighted by atomic mass is 9.75. The Bertz CT molecular complexity index is 546. The van der Waals surface area contributed by atoms with Gasteiger partial charge in [0.25, 0.3) is 0 Å². The first-order valence-corrected chi connectivity index (χ1v) is 7.40. The normalized spacial score (nSPS) is 26.8. The van der Waals surface area contributed by atoms with Crippen molar-refractivity contribution in [1.82, 2.24) is 0 Å². The Kier molecular flexibility index (Phi) is 4.92. The van der Waals surface area contributed by atoms with Crippen LogP contribution in [0.3, 0.4) is 0 Å². The number of halogens is 1. The monoisotopic (exact) mass is 306 g/mol. The Balaban J connectivity index is 2.25. The fraction of sp³-hybridized carbons (Fsp3) is 0.471. The summed E-state index contributed by atoms with van der Waals surface area (Å²) in [6.45, 7) is 2.45. The molecule has 1 heterocycles. The number of carboxylic acid groups (broad SMARTS) is 1. The topological polar surface area (TPSA) is 46.5 Å². The number of carboxylic acids is 1. The van der Waals surface area contributed by atoms with E-state index in [0.29, 0.717) is 18.1 Å². The molecule has 21 heavy (non-hydrogen) atoms. The second kappa shape index (κ2) is 6.51. The Morgan fingerprint density at radius 1 is 1.57 bits per heavy atom. The molecule has 1 aromatic rings. The number of benzene rings is 1. The van der Waals surface area contributed by atoms with Crippen LogP contribution in [0.5, 0.6) is 0 Å². The number of carbonyl (C=O) groups is 1. The molecule has 2 rings (SSSR count). The van der Waals surface area contributed by atoms with Crippen molar-refractivity contribution in [3.63, 3.8) is 0 Å². The van der Waals surface area contributed by atoms with Gasteiger partial charge in [-0.3, -0.25) is 4.79 Å². The van der Waals surface area contributed by atoms with E-state index in [1.807, 2.05) is 19.1 Å². The van der Waals surface area contributed by atoms with Gasteiger partial charge < -0.3 is 9.84 Å². The minimum atomic E-state index is -0.802. The van der Waals surface area contributed by atoms with E-state index in [9.17, 15) is 9.90 Å². The predicted molar refractivity (Wildman–Crippen MR) is 82.4 cm³/mol. The van der Waals surface area contributed by atoms with Crippen LogP contribution in [0.25, 0.3) is 0 Å². The van der Waals surface area contributed by atoms with Crippen LogP contribution in [0, 0.1) is 18.3 Å². The first-order valence-electron chi connectivity index (χ1n) is 7.02. The van der Waals surface area contributed by atoms with E-state index in [1.54, 1.807) is 12.1 Å². The fourth-order valence-electron chi connectivity index (χ4n) is 3.00. The van der Waals surface area contributed by atoms with Gasteiger partial charge in [-0.1, -0.05) is 29.7 Å². The van der Waals surface area contributed by atoms with E-state index in [4.69, 9.17) is 22.8 Å². The maximum atomic E-state index is 11.2. The second-order valence-electron chi connectivity index (χ2n) is 5.73. The molecule has 0 bridgehead atoms. The zero-order chi connectivity index (χ0) is 15.5. The standard InChI is InChI=1S/C17H19ClO3/c1-3-17(2)11-13(8-9-21-17)15(10-16(19)20)12-4-6-14(18)7-5-12/h1,4-7,13,15H,8-11H2,2H3,(H,19,20). The lowest BCUT2D eigenvalue weighted by molar-refractivity contribution is -0.138. The summed E-state index contributed by atoms with van der Waals surface area (Å²) < 4.78 is 5.65. The van der Waals surface area contributed by atoms with Crippen molar-refractivity contribution in [3.8, 4) is 12.3 Å². The molecule has 3 unspecified atom stereocenters. The van der Waals surface area contributed by atoms with Gasteiger partial charge in [-0.2, -0.15) is 0 Å². The van der Waals surface area contributed by atoms with Crippen LogP contribution in [0.4, 0.5) is 0 Å². The summed E-state index contributed by atoms with van der Waals surface area (Å²) in [5.41, 5.74) is 0.389. The number of terminal acetylenes is 1. The van der Waals surface area contributed by atoms with Crippen LogP contribution in [-0.4, -0.2) is 23.3 Å². The van der Waals surface area contributed by atoms with Crippen molar-refractivity contribution in [3.05, 3.63) is 34.9 Å². The number of hydrogen-bond acceptors (Lipinski definition) is 2. The van der Waals surface area contributed by atoms with Crippen LogP contribution in [-0.2, 0) is 9.53 Å². The van der Waals surface area contributed by atoms with Crippen molar-refractivity contribution in [2.24, 2.45) is 5.92 Å². The molecule has 4 heteroatoms. The first kappa shape index (κ1) is 15.9. The molecule has 0 amide bonds. The molecule has 0 radical (unpaired) electrons. The molecular weight excluding hydrogens is 288 g/mol. The quantitative estimate of drug-likeness (QED) is 0.862. The minimum absolute atomic E-state index is 0.0728. The summed E-state index contributed by atoms with van der Waals surface area (Å²) in [6, 6.07) is 7.40. The highest BCUT2D eigenvalue weighted by atomic mass is 35.5. The van der Waals surface area contributed by atoms with Crippen molar-refractivity contribution in [1.29, 1.82) is 0 Å². The molecule has 0 aliphatic carbocycles. The summed E-state index contributed by atoms with van der Waals surface area (Å²) in [5.74, 6) is 2.01. The third kappa shape index (κ3) is 4.00. The van der Waals surface area contributed by atoms with Crippen LogP contribution < -0.4 is 0 Å². The number of rotatable bonds is 4. The third-order valence-electron chi connectivity index (χ3n) is 4.13. The van der Waals surface area contributed by atoms with E-state index < -0.39 is 11.6 Å². The molecule has 1 aliphatic heterocycles. The van der Waals surface area contributed by atoms with E-state index in [0.717, 1.165) is 12.0 Å². The van der Waals surface area contributed by atoms with Gasteiger partial charge in [0, 0.05) is 11.6 Å². The third-order valence-corrected chi connectivity index (χ3v) is 4.38. The summed E-state index contributed by atoms with van der Waals surface area (Å²) in [5, 5.41) is 9.87. The molecule has 3 atom stereocenters. The van der Waals surface area contributed by atoms with Gasteiger partial charge in [0.1, 0.15) is 5.60 Å². The van der Waals surface area contributed by atoms with Crippen LogP contribution in [0.2, 0.25) is 5.02 Å². The molecule has 0 spiro atoms. The Morgan fingerprint density at radius 3 is 2.81 bits per heavy atom. The van der Waals surface area contributed by atoms with Gasteiger partial charge in [-0.25, -0.2) is 0 Å². The molecule has 0 aromatic heterocycles. The van der Waals surface area contributed by atoms with Gasteiger partial charge in [0.15, 0.2) is 0 Å². The predicted octanol–water partition coefficient (Wildman–Crippen LogP) is 3.72. The largest absolute Gasteiger partial charge is 0.481 e. The van der Waals surface area contributed by atoms with Crippen LogP contribution >= 0.6 is 11.6 Å². The first-order chi connectivity index (χ1) is 9.93. The molecule has 1 N–H and O–H groups in total. The maximum Gasteiger partial charge on any atom is 0.303 e. The zero-order valence-corrected chi connectivity index (χ0v) is 12.8. The summed E-state index contributed by atoms with van der Waals surface area (Å²) in [6.07, 6.45) is 7.13. The van der Waals surface area contributed by atoms with Crippen LogP contribution in [0.1, 0.15) is 37.7 Å². The van der Waals surface area contributed by atoms with Gasteiger partial charge in [-0.05, 0) is 49.3 Å². The van der Waals surface area contributed by atoms with Crippen molar-refractivity contribution in [2.75, 3.05) is 6.61 Å². The van der Waals surface area contributed by atoms with E-state index in [1.165, 1.54) is 0 Å². The summed E-state index contributed by atoms with van der Waals surface area (Å²) in [7, 11) is 0. The molecule has 1 fully saturated rings. The van der Waals surface area contributed by atoms with Crippen molar-refractivity contribution >= 4 is 17.6 Å². The molecule has 3 nitrogen and oxygen atoms in total. The minimum Gasteiger partial charge on any atom is -0.481 e. The van der Waals surface area contributed by atoms with Gasteiger partial charge in [-0.15, -0.1) is 6.42 Å². The molecule has 112 valence electrons. The van der Waals surface area contributed by atoms with Crippen LogP contribution in [0.15, 0.2) is 24.3 Å². The van der Waals surface area contributed by atoms with E-state index in [-0.39, 0.29) is 18.3 Å². The average molecular weight is 307 g/mol. The number of hydrogen-bond donors (Lipinski definition) is 1. The van der Waals surface area contributed by atoms with Gasteiger partial charge in [0.05, 0.1) is 6.42 Å². The van der Waals surface area contributed by atoms with Gasteiger partial charge >= 0.3 is 5.97 Å². The molecule has 0 saturated carbocycles. The zero-order valence-electron chi connectivity index (χ0n) is 12.0. The average Bonchev–Trinajstić information content (AvgIpc) is 2.46. The maximum absolute atomic E-state index is 11.2. The highest BCUT2D eigenvalue weighted by Gasteiger charge is 2.36. The Morgan fingerprint density at radius 2 is 2.24 bits per heavy atom. The summed E-state index contributed by atoms with van der Waals surface area (Å²) >= 11 is 5.91. The number of ether oxygens (including phenoxy) is 1. The Hall–Kier alpha value is -1.50. The highest BCUT2D eigenvalue weighted by Crippen LogP contribution is 2.40.